The average molecular weight is 801 g/mol. The van der Waals surface area contributed by atoms with Gasteiger partial charge in [0.15, 0.2) is 0 Å². The zero-order chi connectivity index (χ0) is 40.5. The third-order valence-electron chi connectivity index (χ3n) is 17.2. The van der Waals surface area contributed by atoms with Crippen LogP contribution < -0.4 is 20.9 Å². The van der Waals surface area contributed by atoms with Crippen molar-refractivity contribution >= 4 is 11.4 Å². The normalized spacial score (nSPS) is 30.6. The average Bonchev–Trinajstić information content (AvgIpc) is 3.54. The first-order valence-corrected chi connectivity index (χ1v) is 23.4. The van der Waals surface area contributed by atoms with Gasteiger partial charge in [-0.15, -0.1) is 0 Å². The zero-order valence-electron chi connectivity index (χ0n) is 35.1. The molecular formula is C57H56N2O2. The Morgan fingerprint density at radius 2 is 0.721 bits per heavy atom. The van der Waals surface area contributed by atoms with Gasteiger partial charge >= 0.3 is 0 Å². The zero-order valence-corrected chi connectivity index (χ0v) is 35.1. The fraction of sp³-hybridized carbons (Fsp3) is 0.368. The van der Waals surface area contributed by atoms with Crippen molar-refractivity contribution in [3.05, 3.63) is 167 Å². The lowest BCUT2D eigenvalue weighted by atomic mass is 9.47. The highest BCUT2D eigenvalue weighted by atomic mass is 16.5. The molecule has 9 aliphatic carbocycles. The highest BCUT2D eigenvalue weighted by Crippen LogP contribution is 2.66. The summed E-state index contributed by atoms with van der Waals surface area (Å²) in [6.07, 6.45) is 16.5. The standard InChI is InChI=1S/C57H56N2O2/c58-43-11-15-45(16-12-43)60-53-7-3-1-5-49(53)57(50-6-2-4-8-54(50)61-46-17-13-44(59)14-18-46)51-27-41(55-29-35-21-36(30-55)23-37(22-35)31-55)9-19-47(51)48-20-10-42(28-52(48)57)56-32-38-24-39(33-56)26-40(25-38)34-56/h1-20,27-28,35-40H,21-26,29-34,58-59H2. The van der Waals surface area contributed by atoms with Crippen LogP contribution >= 0.6 is 0 Å². The van der Waals surface area contributed by atoms with Crippen LogP contribution in [0, 0.1) is 35.5 Å². The molecule has 4 N–H and O–H groups in total. The van der Waals surface area contributed by atoms with Gasteiger partial charge in [-0.25, -0.2) is 0 Å². The first kappa shape index (κ1) is 36.2. The smallest absolute Gasteiger partial charge is 0.132 e. The fourth-order valence-electron chi connectivity index (χ4n) is 15.7. The first-order chi connectivity index (χ1) is 29.8. The van der Waals surface area contributed by atoms with Gasteiger partial charge in [-0.3, -0.25) is 0 Å². The number of fused-ring (bicyclic) bond motifs is 3. The van der Waals surface area contributed by atoms with Crippen LogP contribution in [0.2, 0.25) is 0 Å². The second-order valence-corrected chi connectivity index (χ2v) is 21.0. The molecular weight excluding hydrogens is 745 g/mol. The fourth-order valence-corrected chi connectivity index (χ4v) is 15.7. The minimum absolute atomic E-state index is 0.231. The first-order valence-electron chi connectivity index (χ1n) is 23.4. The molecule has 8 saturated carbocycles. The van der Waals surface area contributed by atoms with Crippen LogP contribution in [0.25, 0.3) is 11.1 Å². The van der Waals surface area contributed by atoms with E-state index >= 15 is 0 Å². The lowest BCUT2D eigenvalue weighted by Crippen LogP contribution is -2.48. The van der Waals surface area contributed by atoms with E-state index in [4.69, 9.17) is 20.9 Å². The van der Waals surface area contributed by atoms with Crippen molar-refractivity contribution in [2.45, 2.75) is 93.3 Å². The number of anilines is 2. The number of nitrogens with two attached hydrogens (primary N) is 2. The van der Waals surface area contributed by atoms with Crippen molar-refractivity contribution in [3.63, 3.8) is 0 Å². The molecule has 0 radical (unpaired) electrons. The third-order valence-corrected chi connectivity index (χ3v) is 17.2. The second kappa shape index (κ2) is 13.3. The maximum Gasteiger partial charge on any atom is 0.132 e. The van der Waals surface area contributed by atoms with Crippen molar-refractivity contribution in [1.82, 2.24) is 0 Å². The Labute approximate surface area is 360 Å². The number of rotatable bonds is 8. The number of benzene rings is 6. The largest absolute Gasteiger partial charge is 0.457 e. The van der Waals surface area contributed by atoms with E-state index in [0.29, 0.717) is 0 Å². The van der Waals surface area contributed by atoms with E-state index < -0.39 is 5.41 Å². The molecule has 15 rings (SSSR count). The molecule has 8 bridgehead atoms. The van der Waals surface area contributed by atoms with Crippen molar-refractivity contribution in [1.29, 1.82) is 0 Å². The highest BCUT2D eigenvalue weighted by molar-refractivity contribution is 5.88. The molecule has 306 valence electrons. The maximum atomic E-state index is 7.08. The molecule has 4 heteroatoms. The van der Waals surface area contributed by atoms with Gasteiger partial charge in [-0.2, -0.15) is 0 Å². The lowest BCUT2D eigenvalue weighted by molar-refractivity contribution is -0.00530. The summed E-state index contributed by atoms with van der Waals surface area (Å²) in [5.74, 6) is 8.35. The van der Waals surface area contributed by atoms with E-state index in [0.717, 1.165) is 81.0 Å². The molecule has 0 heterocycles. The Balaban J connectivity index is 1.09. The van der Waals surface area contributed by atoms with Gasteiger partial charge in [0.05, 0.1) is 5.41 Å². The van der Waals surface area contributed by atoms with E-state index in [-0.39, 0.29) is 10.8 Å². The van der Waals surface area contributed by atoms with Crippen LogP contribution in [0.3, 0.4) is 0 Å². The van der Waals surface area contributed by atoms with Gasteiger partial charge < -0.3 is 20.9 Å². The van der Waals surface area contributed by atoms with Crippen molar-refractivity contribution in [2.24, 2.45) is 35.5 Å². The predicted octanol–water partition coefficient (Wildman–Crippen LogP) is 13.7. The molecule has 4 nitrogen and oxygen atoms in total. The number of hydrogen-bond acceptors (Lipinski definition) is 4. The van der Waals surface area contributed by atoms with Gasteiger partial charge in [-0.05, 0) is 217 Å². The molecule has 0 aromatic heterocycles. The Kier molecular flexibility index (Phi) is 7.87. The summed E-state index contributed by atoms with van der Waals surface area (Å²) in [7, 11) is 0. The minimum Gasteiger partial charge on any atom is -0.457 e. The van der Waals surface area contributed by atoms with Crippen LogP contribution in [-0.2, 0) is 16.2 Å². The highest BCUT2D eigenvalue weighted by Gasteiger charge is 2.56. The molecule has 61 heavy (non-hydrogen) atoms. The third kappa shape index (κ3) is 5.56. The van der Waals surface area contributed by atoms with Crippen LogP contribution in [0.1, 0.15) is 110 Å². The number of ether oxygens (including phenoxy) is 2. The number of nitrogen functional groups attached to an aromatic ring is 2. The molecule has 0 amide bonds. The molecule has 0 spiro atoms. The van der Waals surface area contributed by atoms with Crippen LogP contribution in [-0.4, -0.2) is 0 Å². The quantitative estimate of drug-likeness (QED) is 0.150. The molecule has 6 aromatic rings. The topological polar surface area (TPSA) is 70.5 Å². The monoisotopic (exact) mass is 800 g/mol. The molecule has 0 aliphatic heterocycles. The summed E-state index contributed by atoms with van der Waals surface area (Å²) in [6.45, 7) is 0. The second-order valence-electron chi connectivity index (χ2n) is 21.0. The van der Waals surface area contributed by atoms with Crippen molar-refractivity contribution in [3.8, 4) is 34.1 Å². The SMILES string of the molecule is Nc1ccc(Oc2ccccc2C2(c3ccccc3Oc3ccc(N)cc3)c3cc(C45CC6CC(CC(C6)C4)C5)ccc3-c3ccc(C45CC6CC(CC(C6)C4)C5)cc32)cc1. The van der Waals surface area contributed by atoms with E-state index in [2.05, 4.69) is 84.9 Å². The van der Waals surface area contributed by atoms with E-state index in [1.165, 1.54) is 110 Å². The summed E-state index contributed by atoms with van der Waals surface area (Å²) in [5.41, 5.74) is 24.2. The minimum atomic E-state index is -0.754. The van der Waals surface area contributed by atoms with Gasteiger partial charge in [-0.1, -0.05) is 72.8 Å². The maximum absolute atomic E-state index is 7.08. The summed E-state index contributed by atoms with van der Waals surface area (Å²) in [4.78, 5) is 0. The van der Waals surface area contributed by atoms with E-state index in [1.54, 1.807) is 0 Å². The summed E-state index contributed by atoms with van der Waals surface area (Å²) >= 11 is 0. The Bertz CT molecular complexity index is 2440. The van der Waals surface area contributed by atoms with Gasteiger partial charge in [0.25, 0.3) is 0 Å². The lowest BCUT2D eigenvalue weighted by Gasteiger charge is -2.57. The Hall–Kier alpha value is -5.48. The summed E-state index contributed by atoms with van der Waals surface area (Å²) < 4.78 is 14.2. The number of para-hydroxylation sites is 2. The predicted molar refractivity (Wildman–Crippen MR) is 245 cm³/mol. The van der Waals surface area contributed by atoms with Crippen molar-refractivity contribution < 1.29 is 9.47 Å². The van der Waals surface area contributed by atoms with E-state index in [1.807, 2.05) is 48.5 Å². The van der Waals surface area contributed by atoms with Gasteiger partial charge in [0.1, 0.15) is 23.0 Å². The molecule has 0 atom stereocenters. The molecule has 9 aliphatic rings. The van der Waals surface area contributed by atoms with Crippen LogP contribution in [0.15, 0.2) is 133 Å². The van der Waals surface area contributed by atoms with Gasteiger partial charge in [0.2, 0.25) is 0 Å². The van der Waals surface area contributed by atoms with E-state index in [9.17, 15) is 0 Å². The Morgan fingerprint density at radius 3 is 1.08 bits per heavy atom. The summed E-state index contributed by atoms with van der Waals surface area (Å²) in [5, 5.41) is 0. The summed E-state index contributed by atoms with van der Waals surface area (Å²) in [6, 6.07) is 48.8. The van der Waals surface area contributed by atoms with Gasteiger partial charge in [0, 0.05) is 22.5 Å². The molecule has 0 saturated heterocycles. The van der Waals surface area contributed by atoms with Crippen LogP contribution in [0.4, 0.5) is 11.4 Å². The molecule has 0 unspecified atom stereocenters. The Morgan fingerprint density at radius 1 is 0.377 bits per heavy atom. The molecule has 8 fully saturated rings. The van der Waals surface area contributed by atoms with Crippen molar-refractivity contribution in [2.75, 3.05) is 11.5 Å². The molecule has 6 aromatic carbocycles. The van der Waals surface area contributed by atoms with Crippen LogP contribution in [0.5, 0.6) is 23.0 Å². The number of hydrogen-bond donors (Lipinski definition) is 2.